The number of carbonyl (C=O) groups excluding carboxylic acids is 1. The minimum atomic E-state index is -0.193. The number of phenols is 1. The molecule has 1 aromatic carbocycles. The quantitative estimate of drug-likeness (QED) is 0.832. The molecule has 0 radical (unpaired) electrons. The van der Waals surface area contributed by atoms with Gasteiger partial charge in [0, 0.05) is 17.8 Å². The van der Waals surface area contributed by atoms with E-state index in [2.05, 4.69) is 0 Å². The summed E-state index contributed by atoms with van der Waals surface area (Å²) in [6.45, 7) is 4.00. The average molecular weight is 275 g/mol. The minimum absolute atomic E-state index is 0.00861. The highest BCUT2D eigenvalue weighted by atomic mass is 16.5. The first-order valence-electron chi connectivity index (χ1n) is 6.20. The second-order valence-electron chi connectivity index (χ2n) is 4.73. The van der Waals surface area contributed by atoms with Crippen LogP contribution in [-0.4, -0.2) is 34.7 Å². The zero-order chi connectivity index (χ0) is 14.9. The Morgan fingerprint density at radius 3 is 2.70 bits per heavy atom. The number of aliphatic hydroxyl groups is 1. The Morgan fingerprint density at radius 2 is 2.15 bits per heavy atom. The van der Waals surface area contributed by atoms with Crippen LogP contribution in [0.5, 0.6) is 11.5 Å². The highest BCUT2D eigenvalue weighted by molar-refractivity contribution is 5.97. The maximum Gasteiger partial charge on any atom is 0.258 e. The normalized spacial score (nSPS) is 15.2. The molecule has 0 aliphatic carbocycles. The molecule has 0 bridgehead atoms. The minimum Gasteiger partial charge on any atom is -0.513 e. The molecule has 1 amide bonds. The van der Waals surface area contributed by atoms with E-state index in [-0.39, 0.29) is 23.2 Å². The number of aromatic hydroxyl groups is 1. The van der Waals surface area contributed by atoms with Crippen molar-refractivity contribution in [1.82, 2.24) is 4.90 Å². The second kappa shape index (κ2) is 5.28. The van der Waals surface area contributed by atoms with Crippen LogP contribution >= 0.6 is 0 Å². The number of benzene rings is 1. The third kappa shape index (κ3) is 2.47. The predicted molar refractivity (Wildman–Crippen MR) is 74.8 cm³/mol. The van der Waals surface area contributed by atoms with E-state index in [9.17, 15) is 15.0 Å². The zero-order valence-electron chi connectivity index (χ0n) is 11.7. The number of ether oxygens (including phenoxy) is 1. The molecule has 106 valence electrons. The maximum atomic E-state index is 12.4. The second-order valence-corrected chi connectivity index (χ2v) is 4.73. The van der Waals surface area contributed by atoms with Gasteiger partial charge in [-0.3, -0.25) is 4.79 Å². The smallest absolute Gasteiger partial charge is 0.258 e. The number of amides is 1. The van der Waals surface area contributed by atoms with Gasteiger partial charge in [0.05, 0.1) is 12.9 Å². The zero-order valence-corrected chi connectivity index (χ0v) is 11.7. The Bertz CT molecular complexity index is 612. The van der Waals surface area contributed by atoms with Gasteiger partial charge in [-0.25, -0.2) is 0 Å². The van der Waals surface area contributed by atoms with Crippen molar-refractivity contribution in [3.8, 4) is 11.5 Å². The molecule has 1 aliphatic rings. The molecule has 0 unspecified atom stereocenters. The van der Waals surface area contributed by atoms with Crippen LogP contribution < -0.4 is 4.74 Å². The summed E-state index contributed by atoms with van der Waals surface area (Å²) >= 11 is 0. The molecular weight excluding hydrogens is 258 g/mol. The van der Waals surface area contributed by atoms with Crippen LogP contribution in [-0.2, 0) is 0 Å². The number of carbonyl (C=O) groups is 1. The van der Waals surface area contributed by atoms with Gasteiger partial charge in [-0.2, -0.15) is 0 Å². The lowest BCUT2D eigenvalue weighted by Gasteiger charge is -2.34. The van der Waals surface area contributed by atoms with Gasteiger partial charge < -0.3 is 19.8 Å². The van der Waals surface area contributed by atoms with Crippen LogP contribution in [0.1, 0.15) is 24.2 Å². The Kier molecular flexibility index (Phi) is 3.70. The lowest BCUT2D eigenvalue weighted by Crippen LogP contribution is -2.39. The third-order valence-electron chi connectivity index (χ3n) is 3.14. The first-order chi connectivity index (χ1) is 9.43. The summed E-state index contributed by atoms with van der Waals surface area (Å²) < 4.78 is 5.00. The number of allylic oxidation sites excluding steroid dienone is 2. The van der Waals surface area contributed by atoms with E-state index in [1.54, 1.807) is 24.0 Å². The number of hydrogen-bond donors (Lipinski definition) is 2. The number of hydrogen-bond acceptors (Lipinski definition) is 4. The van der Waals surface area contributed by atoms with Gasteiger partial charge in [0.1, 0.15) is 0 Å². The fourth-order valence-corrected chi connectivity index (χ4v) is 2.09. The number of rotatable bonds is 3. The topological polar surface area (TPSA) is 70.0 Å². The molecule has 5 nitrogen and oxygen atoms in total. The third-order valence-corrected chi connectivity index (χ3v) is 3.14. The van der Waals surface area contributed by atoms with Gasteiger partial charge in [-0.05, 0) is 43.7 Å². The van der Waals surface area contributed by atoms with Gasteiger partial charge in [0.25, 0.3) is 5.91 Å². The van der Waals surface area contributed by atoms with E-state index in [4.69, 9.17) is 4.74 Å². The Balaban J connectivity index is 2.28. The van der Waals surface area contributed by atoms with Gasteiger partial charge in [0.2, 0.25) is 0 Å². The first kappa shape index (κ1) is 14.0. The summed E-state index contributed by atoms with van der Waals surface area (Å²) in [5, 5.41) is 18.9. The van der Waals surface area contributed by atoms with Crippen molar-refractivity contribution < 1.29 is 19.7 Å². The van der Waals surface area contributed by atoms with Crippen molar-refractivity contribution in [2.24, 2.45) is 0 Å². The largest absolute Gasteiger partial charge is 0.513 e. The van der Waals surface area contributed by atoms with E-state index < -0.39 is 0 Å². The SMILES string of the molecule is COc1cc(C(=O)N2CC(C)=C2/C=C(\C)O)ccc1O. The standard InChI is InChI=1S/C15H17NO4/c1-9-8-16(12(9)6-10(2)17)15(19)11-4-5-13(18)14(7-11)20-3/h4-7,17-18H,8H2,1-3H3/b10-6+. The van der Waals surface area contributed by atoms with Gasteiger partial charge in [0.15, 0.2) is 11.5 Å². The monoisotopic (exact) mass is 275 g/mol. The van der Waals surface area contributed by atoms with Gasteiger partial charge in [-0.15, -0.1) is 0 Å². The summed E-state index contributed by atoms with van der Waals surface area (Å²) in [6.07, 6.45) is 1.56. The number of methoxy groups -OCH3 is 1. The molecule has 20 heavy (non-hydrogen) atoms. The van der Waals surface area contributed by atoms with Crippen molar-refractivity contribution in [3.05, 3.63) is 46.9 Å². The lowest BCUT2D eigenvalue weighted by molar-refractivity contribution is 0.0792. The lowest BCUT2D eigenvalue weighted by atomic mass is 10.0. The average Bonchev–Trinajstić information content (AvgIpc) is 2.42. The van der Waals surface area contributed by atoms with Crippen LogP contribution in [0.3, 0.4) is 0 Å². The summed E-state index contributed by atoms with van der Waals surface area (Å²) in [5.41, 5.74) is 2.17. The van der Waals surface area contributed by atoms with Crippen LogP contribution in [0.15, 0.2) is 41.3 Å². The highest BCUT2D eigenvalue weighted by Crippen LogP contribution is 2.30. The number of aliphatic hydroxyl groups excluding tert-OH is 1. The van der Waals surface area contributed by atoms with E-state index >= 15 is 0 Å². The van der Waals surface area contributed by atoms with Crippen molar-refractivity contribution in [2.75, 3.05) is 13.7 Å². The fraction of sp³-hybridized carbons (Fsp3) is 0.267. The number of phenolic OH excluding ortho intramolecular Hbond substituents is 1. The van der Waals surface area contributed by atoms with Gasteiger partial charge in [-0.1, -0.05) is 0 Å². The van der Waals surface area contributed by atoms with Crippen LogP contribution in [0.4, 0.5) is 0 Å². The summed E-state index contributed by atoms with van der Waals surface area (Å²) in [5.74, 6) is 0.208. The molecule has 0 atom stereocenters. The van der Waals surface area contributed by atoms with E-state index in [0.717, 1.165) is 5.57 Å². The molecule has 0 saturated carbocycles. The molecule has 0 spiro atoms. The Hall–Kier alpha value is -2.43. The van der Waals surface area contributed by atoms with Crippen molar-refractivity contribution in [3.63, 3.8) is 0 Å². The van der Waals surface area contributed by atoms with E-state index in [1.807, 2.05) is 6.92 Å². The molecule has 1 aromatic rings. The maximum absolute atomic E-state index is 12.4. The molecule has 5 heteroatoms. The Morgan fingerprint density at radius 1 is 1.45 bits per heavy atom. The van der Waals surface area contributed by atoms with Crippen molar-refractivity contribution in [1.29, 1.82) is 0 Å². The van der Waals surface area contributed by atoms with Crippen molar-refractivity contribution >= 4 is 5.91 Å². The molecule has 0 aromatic heterocycles. The molecule has 2 N–H and O–H groups in total. The summed E-state index contributed by atoms with van der Waals surface area (Å²) in [4.78, 5) is 14.0. The number of nitrogens with zero attached hydrogens (tertiary/aromatic N) is 1. The first-order valence-corrected chi connectivity index (χ1v) is 6.20. The Labute approximate surface area is 117 Å². The van der Waals surface area contributed by atoms with E-state index in [1.165, 1.54) is 19.2 Å². The molecule has 0 saturated heterocycles. The summed E-state index contributed by atoms with van der Waals surface area (Å²) in [7, 11) is 1.43. The molecule has 2 rings (SSSR count). The van der Waals surface area contributed by atoms with Crippen LogP contribution in [0.2, 0.25) is 0 Å². The van der Waals surface area contributed by atoms with E-state index in [0.29, 0.717) is 17.8 Å². The van der Waals surface area contributed by atoms with Gasteiger partial charge >= 0.3 is 0 Å². The molecular formula is C15H17NO4. The van der Waals surface area contributed by atoms with Crippen LogP contribution in [0.25, 0.3) is 0 Å². The van der Waals surface area contributed by atoms with Crippen LogP contribution in [0, 0.1) is 0 Å². The highest BCUT2D eigenvalue weighted by Gasteiger charge is 2.28. The fourth-order valence-electron chi connectivity index (χ4n) is 2.09. The molecule has 1 aliphatic heterocycles. The molecule has 1 heterocycles. The van der Waals surface area contributed by atoms with Crippen molar-refractivity contribution in [2.45, 2.75) is 13.8 Å². The summed E-state index contributed by atoms with van der Waals surface area (Å²) in [6, 6.07) is 4.47. The predicted octanol–water partition coefficient (Wildman–Crippen LogP) is 2.59. The molecule has 0 fully saturated rings.